The topological polar surface area (TPSA) is 97.5 Å². The first kappa shape index (κ1) is 17.8. The number of hydrogen-bond acceptors (Lipinski definition) is 5. The van der Waals surface area contributed by atoms with Crippen molar-refractivity contribution in [1.82, 2.24) is 19.9 Å². The molecule has 0 radical (unpaired) electrons. The van der Waals surface area contributed by atoms with Gasteiger partial charge in [-0.2, -0.15) is 8.78 Å². The monoisotopic (exact) mass is 366 g/mol. The Hall–Kier alpha value is -3.04. The highest BCUT2D eigenvalue weighted by Gasteiger charge is 2.36. The summed E-state index contributed by atoms with van der Waals surface area (Å²) in [6.07, 6.45) is 1.52. The van der Waals surface area contributed by atoms with Gasteiger partial charge in [0.05, 0.1) is 11.4 Å². The molecule has 26 heavy (non-hydrogen) atoms. The predicted octanol–water partition coefficient (Wildman–Crippen LogP) is 1.87. The van der Waals surface area contributed by atoms with E-state index in [-0.39, 0.29) is 17.5 Å². The lowest BCUT2D eigenvalue weighted by atomic mass is 10.2. The molecule has 0 atom stereocenters. The summed E-state index contributed by atoms with van der Waals surface area (Å²) in [4.78, 5) is 24.9. The summed E-state index contributed by atoms with van der Waals surface area (Å²) in [6.45, 7) is -1.68. The van der Waals surface area contributed by atoms with Crippen LogP contribution in [0.25, 0.3) is 5.69 Å². The fourth-order valence-electron chi connectivity index (χ4n) is 2.58. The summed E-state index contributed by atoms with van der Waals surface area (Å²) in [6, 6.07) is 5.62. The molecule has 1 heterocycles. The standard InChI is InChI=1S/C16H16F2N4O4/c1-9-14(15(25)21(8-13(23)24)10-2-3-10)19-20-22(9)11-4-6-12(7-5-11)26-16(17)18/h4-7,10,16H,2-3,8H2,1H3,(H,23,24). The molecule has 1 aliphatic rings. The average Bonchev–Trinajstić information content (AvgIpc) is 3.35. The second-order valence-corrected chi connectivity index (χ2v) is 5.87. The summed E-state index contributed by atoms with van der Waals surface area (Å²) >= 11 is 0. The molecule has 1 aromatic carbocycles. The number of carboxylic acids is 1. The van der Waals surface area contributed by atoms with Gasteiger partial charge in [-0.25, -0.2) is 4.68 Å². The fraction of sp³-hybridized carbons (Fsp3) is 0.375. The van der Waals surface area contributed by atoms with Crippen molar-refractivity contribution in [2.75, 3.05) is 6.54 Å². The summed E-state index contributed by atoms with van der Waals surface area (Å²) in [5.74, 6) is -1.58. The lowest BCUT2D eigenvalue weighted by molar-refractivity contribution is -0.137. The SMILES string of the molecule is Cc1c(C(=O)N(CC(=O)O)C2CC2)nnn1-c1ccc(OC(F)F)cc1. The molecule has 1 amide bonds. The molecule has 1 aromatic heterocycles. The number of carbonyl (C=O) groups excluding carboxylic acids is 1. The van der Waals surface area contributed by atoms with E-state index in [1.54, 1.807) is 6.92 Å². The molecule has 1 N–H and O–H groups in total. The van der Waals surface area contributed by atoms with Crippen LogP contribution in [0.2, 0.25) is 0 Å². The molecule has 0 aliphatic heterocycles. The lowest BCUT2D eigenvalue weighted by Gasteiger charge is -2.19. The molecule has 1 saturated carbocycles. The maximum atomic E-state index is 12.6. The molecule has 0 bridgehead atoms. The third-order valence-corrected chi connectivity index (χ3v) is 3.96. The molecule has 0 saturated heterocycles. The number of amides is 1. The summed E-state index contributed by atoms with van der Waals surface area (Å²) in [5.41, 5.74) is 0.992. The number of benzene rings is 1. The van der Waals surface area contributed by atoms with Crippen LogP contribution >= 0.6 is 0 Å². The summed E-state index contributed by atoms with van der Waals surface area (Å²) in [7, 11) is 0. The molecular formula is C16H16F2N4O4. The van der Waals surface area contributed by atoms with E-state index < -0.39 is 25.0 Å². The van der Waals surface area contributed by atoms with Gasteiger partial charge in [0, 0.05) is 6.04 Å². The van der Waals surface area contributed by atoms with E-state index in [9.17, 15) is 18.4 Å². The van der Waals surface area contributed by atoms with E-state index in [1.165, 1.54) is 33.8 Å². The number of halogens is 2. The van der Waals surface area contributed by atoms with Crippen LogP contribution in [0.4, 0.5) is 8.78 Å². The zero-order valence-corrected chi connectivity index (χ0v) is 13.8. The Morgan fingerprint density at radius 1 is 1.35 bits per heavy atom. The molecule has 0 spiro atoms. The van der Waals surface area contributed by atoms with Gasteiger partial charge in [0.1, 0.15) is 12.3 Å². The first-order valence-corrected chi connectivity index (χ1v) is 7.87. The van der Waals surface area contributed by atoms with E-state index in [4.69, 9.17) is 5.11 Å². The second kappa shape index (κ2) is 7.06. The number of carboxylic acid groups (broad SMARTS) is 1. The third kappa shape index (κ3) is 3.79. The highest BCUT2D eigenvalue weighted by atomic mass is 19.3. The van der Waals surface area contributed by atoms with Gasteiger partial charge >= 0.3 is 12.6 Å². The van der Waals surface area contributed by atoms with Crippen molar-refractivity contribution < 1.29 is 28.2 Å². The van der Waals surface area contributed by atoms with Gasteiger partial charge in [0.15, 0.2) is 5.69 Å². The number of ether oxygens (including phenoxy) is 1. The predicted molar refractivity (Wildman–Crippen MR) is 84.4 cm³/mol. The molecule has 138 valence electrons. The lowest BCUT2D eigenvalue weighted by Crippen LogP contribution is -2.38. The largest absolute Gasteiger partial charge is 0.480 e. The van der Waals surface area contributed by atoms with Gasteiger partial charge in [-0.1, -0.05) is 5.21 Å². The Morgan fingerprint density at radius 3 is 2.54 bits per heavy atom. The zero-order valence-electron chi connectivity index (χ0n) is 13.8. The van der Waals surface area contributed by atoms with Crippen LogP contribution in [0, 0.1) is 6.92 Å². The van der Waals surface area contributed by atoms with Crippen LogP contribution in [0.1, 0.15) is 29.0 Å². The summed E-state index contributed by atoms with van der Waals surface area (Å²) < 4.78 is 30.1. The van der Waals surface area contributed by atoms with Gasteiger partial charge < -0.3 is 14.7 Å². The van der Waals surface area contributed by atoms with Crippen molar-refractivity contribution in [2.45, 2.75) is 32.4 Å². The Morgan fingerprint density at radius 2 is 2.00 bits per heavy atom. The summed E-state index contributed by atoms with van der Waals surface area (Å²) in [5, 5.41) is 16.8. The Labute approximate surface area is 147 Å². The van der Waals surface area contributed by atoms with Gasteiger partial charge in [-0.3, -0.25) is 9.59 Å². The van der Waals surface area contributed by atoms with E-state index in [1.807, 2.05) is 0 Å². The zero-order chi connectivity index (χ0) is 18.8. The van der Waals surface area contributed by atoms with Crippen LogP contribution in [0.3, 0.4) is 0 Å². The molecule has 3 rings (SSSR count). The van der Waals surface area contributed by atoms with E-state index in [0.717, 1.165) is 12.8 Å². The molecule has 8 nitrogen and oxygen atoms in total. The number of rotatable bonds is 7. The number of nitrogens with zero attached hydrogens (tertiary/aromatic N) is 4. The minimum Gasteiger partial charge on any atom is -0.480 e. The Kier molecular flexibility index (Phi) is 4.83. The van der Waals surface area contributed by atoms with Crippen molar-refractivity contribution in [3.05, 3.63) is 35.7 Å². The van der Waals surface area contributed by atoms with Gasteiger partial charge in [0.25, 0.3) is 5.91 Å². The first-order valence-electron chi connectivity index (χ1n) is 7.87. The third-order valence-electron chi connectivity index (χ3n) is 3.96. The molecule has 0 unspecified atom stereocenters. The van der Waals surface area contributed by atoms with E-state index in [0.29, 0.717) is 11.4 Å². The van der Waals surface area contributed by atoms with Crippen LogP contribution in [0.15, 0.2) is 24.3 Å². The molecule has 2 aromatic rings. The normalized spacial score (nSPS) is 13.7. The average molecular weight is 366 g/mol. The second-order valence-electron chi connectivity index (χ2n) is 5.87. The minimum absolute atomic E-state index is 0.000755. The molecular weight excluding hydrogens is 350 g/mol. The van der Waals surface area contributed by atoms with Crippen molar-refractivity contribution in [3.8, 4) is 11.4 Å². The van der Waals surface area contributed by atoms with Crippen LogP contribution < -0.4 is 4.74 Å². The minimum atomic E-state index is -2.92. The highest BCUT2D eigenvalue weighted by molar-refractivity contribution is 5.95. The van der Waals surface area contributed by atoms with Gasteiger partial charge in [-0.05, 0) is 44.0 Å². The van der Waals surface area contributed by atoms with E-state index >= 15 is 0 Å². The molecule has 1 aliphatic carbocycles. The number of alkyl halides is 2. The smallest absolute Gasteiger partial charge is 0.387 e. The van der Waals surface area contributed by atoms with Gasteiger partial charge in [0.2, 0.25) is 0 Å². The maximum Gasteiger partial charge on any atom is 0.387 e. The quantitative estimate of drug-likeness (QED) is 0.803. The van der Waals surface area contributed by atoms with Crippen LogP contribution in [-0.4, -0.2) is 56.1 Å². The molecule has 1 fully saturated rings. The molecule has 10 heteroatoms. The van der Waals surface area contributed by atoms with Gasteiger partial charge in [-0.15, -0.1) is 5.10 Å². The van der Waals surface area contributed by atoms with Crippen molar-refractivity contribution >= 4 is 11.9 Å². The first-order chi connectivity index (χ1) is 12.4. The van der Waals surface area contributed by atoms with Crippen LogP contribution in [0.5, 0.6) is 5.75 Å². The van der Waals surface area contributed by atoms with Crippen molar-refractivity contribution in [2.24, 2.45) is 0 Å². The Balaban J connectivity index is 1.83. The fourth-order valence-corrected chi connectivity index (χ4v) is 2.58. The van der Waals surface area contributed by atoms with Crippen molar-refractivity contribution in [3.63, 3.8) is 0 Å². The van der Waals surface area contributed by atoms with Crippen molar-refractivity contribution in [1.29, 1.82) is 0 Å². The highest BCUT2D eigenvalue weighted by Crippen LogP contribution is 2.28. The van der Waals surface area contributed by atoms with E-state index in [2.05, 4.69) is 15.0 Å². The number of carbonyl (C=O) groups is 2. The number of aliphatic carboxylic acids is 1. The maximum absolute atomic E-state index is 12.6. The number of hydrogen-bond donors (Lipinski definition) is 1. The number of aromatic nitrogens is 3. The van der Waals surface area contributed by atoms with Crippen LogP contribution in [-0.2, 0) is 4.79 Å². The Bertz CT molecular complexity index is 818.